The third-order valence-electron chi connectivity index (χ3n) is 5.65. The summed E-state index contributed by atoms with van der Waals surface area (Å²) >= 11 is 11.9. The Hall–Kier alpha value is -1.81. The Morgan fingerprint density at radius 3 is 2.50 bits per heavy atom. The molecule has 2 N–H and O–H groups in total. The van der Waals surface area contributed by atoms with Gasteiger partial charge in [-0.15, -0.1) is 0 Å². The van der Waals surface area contributed by atoms with Crippen LogP contribution in [0.15, 0.2) is 29.5 Å². The van der Waals surface area contributed by atoms with E-state index in [9.17, 15) is 23.1 Å². The summed E-state index contributed by atoms with van der Waals surface area (Å²) < 4.78 is 23.0. The standard InChI is InChI=1S/C21H27Cl2N3O5S/c22-17-5-4-15(13-18(17)23)3-1-6-24-20(28)16-14-26(21(29)19(16)27)8-2-7-25-9-11-32(30,31)12-10-25/h4-5,13,27H,1-3,6-12,14H2,(H,24,28). The lowest BCUT2D eigenvalue weighted by Gasteiger charge is -2.27. The van der Waals surface area contributed by atoms with E-state index in [0.717, 1.165) is 5.56 Å². The number of hydrogen-bond acceptors (Lipinski definition) is 6. The van der Waals surface area contributed by atoms with Crippen LogP contribution in [0, 0.1) is 0 Å². The predicted molar refractivity (Wildman–Crippen MR) is 124 cm³/mol. The molecule has 2 aliphatic rings. The highest BCUT2D eigenvalue weighted by molar-refractivity contribution is 7.91. The number of nitrogens with one attached hydrogen (secondary N) is 1. The molecule has 1 saturated heterocycles. The van der Waals surface area contributed by atoms with Crippen LogP contribution in [0.4, 0.5) is 0 Å². The Bertz CT molecular complexity index is 999. The molecule has 1 aromatic rings. The van der Waals surface area contributed by atoms with Gasteiger partial charge < -0.3 is 20.2 Å². The van der Waals surface area contributed by atoms with Gasteiger partial charge in [0, 0.05) is 26.2 Å². The summed E-state index contributed by atoms with van der Waals surface area (Å²) in [5.41, 5.74) is 1.08. The van der Waals surface area contributed by atoms with Gasteiger partial charge in [0.15, 0.2) is 15.6 Å². The molecule has 0 aromatic heterocycles. The van der Waals surface area contributed by atoms with Crippen LogP contribution in [0.1, 0.15) is 18.4 Å². The minimum atomic E-state index is -2.92. The Morgan fingerprint density at radius 2 is 1.81 bits per heavy atom. The molecule has 3 rings (SSSR count). The van der Waals surface area contributed by atoms with E-state index in [1.807, 2.05) is 6.07 Å². The molecule has 2 amide bonds. The second kappa shape index (κ2) is 10.9. The summed E-state index contributed by atoms with van der Waals surface area (Å²) in [6, 6.07) is 5.39. The molecule has 0 saturated carbocycles. The summed E-state index contributed by atoms with van der Waals surface area (Å²) in [6.45, 7) is 2.50. The highest BCUT2D eigenvalue weighted by Gasteiger charge is 2.33. The van der Waals surface area contributed by atoms with Gasteiger partial charge in [0.25, 0.3) is 11.8 Å². The summed E-state index contributed by atoms with van der Waals surface area (Å²) in [4.78, 5) is 28.2. The van der Waals surface area contributed by atoms with Gasteiger partial charge >= 0.3 is 0 Å². The average molecular weight is 504 g/mol. The molecule has 0 unspecified atom stereocenters. The van der Waals surface area contributed by atoms with Crippen molar-refractivity contribution in [1.29, 1.82) is 0 Å². The molecule has 0 spiro atoms. The smallest absolute Gasteiger partial charge is 0.289 e. The molecule has 11 heteroatoms. The minimum absolute atomic E-state index is 0.0671. The van der Waals surface area contributed by atoms with E-state index in [1.165, 1.54) is 4.90 Å². The minimum Gasteiger partial charge on any atom is -0.503 e. The van der Waals surface area contributed by atoms with Crippen molar-refractivity contribution in [2.24, 2.45) is 0 Å². The number of nitrogens with zero attached hydrogens (tertiary/aromatic N) is 2. The molecule has 0 atom stereocenters. The van der Waals surface area contributed by atoms with Crippen molar-refractivity contribution in [1.82, 2.24) is 15.1 Å². The molecule has 32 heavy (non-hydrogen) atoms. The Kier molecular flexibility index (Phi) is 8.43. The molecule has 1 aromatic carbocycles. The molecule has 8 nitrogen and oxygen atoms in total. The second-order valence-corrected chi connectivity index (χ2v) is 11.1. The quantitative estimate of drug-likeness (QED) is 0.497. The summed E-state index contributed by atoms with van der Waals surface area (Å²) in [7, 11) is -2.92. The SMILES string of the molecule is O=C(NCCCc1ccc(Cl)c(Cl)c1)C1=C(O)C(=O)N(CCCN2CCS(=O)(=O)CC2)C1. The number of aliphatic hydroxyl groups excluding tert-OH is 1. The molecular formula is C21H27Cl2N3O5S. The Labute approximate surface area is 198 Å². The summed E-state index contributed by atoms with van der Waals surface area (Å²) in [5, 5.41) is 13.8. The molecule has 0 bridgehead atoms. The zero-order valence-corrected chi connectivity index (χ0v) is 20.0. The van der Waals surface area contributed by atoms with Crippen LogP contribution in [0.25, 0.3) is 0 Å². The van der Waals surface area contributed by atoms with Gasteiger partial charge in [-0.3, -0.25) is 9.59 Å². The first kappa shape index (κ1) is 24.8. The van der Waals surface area contributed by atoms with E-state index in [4.69, 9.17) is 23.2 Å². The first-order valence-electron chi connectivity index (χ1n) is 10.5. The van der Waals surface area contributed by atoms with Crippen molar-refractivity contribution in [2.75, 3.05) is 50.8 Å². The fourth-order valence-electron chi connectivity index (χ4n) is 3.73. The van der Waals surface area contributed by atoms with E-state index in [2.05, 4.69) is 10.2 Å². The molecular weight excluding hydrogens is 477 g/mol. The largest absolute Gasteiger partial charge is 0.503 e. The monoisotopic (exact) mass is 503 g/mol. The first-order chi connectivity index (χ1) is 15.2. The fraction of sp³-hybridized carbons (Fsp3) is 0.524. The Balaban J connectivity index is 1.39. The molecule has 2 heterocycles. The van der Waals surface area contributed by atoms with Gasteiger partial charge in [0.2, 0.25) is 0 Å². The highest BCUT2D eigenvalue weighted by Crippen LogP contribution is 2.23. The maximum absolute atomic E-state index is 12.4. The predicted octanol–water partition coefficient (Wildman–Crippen LogP) is 1.82. The van der Waals surface area contributed by atoms with Crippen molar-refractivity contribution < 1.29 is 23.1 Å². The van der Waals surface area contributed by atoms with Gasteiger partial charge in [0.1, 0.15) is 0 Å². The van der Waals surface area contributed by atoms with Crippen LogP contribution in [0.3, 0.4) is 0 Å². The first-order valence-corrected chi connectivity index (χ1v) is 13.1. The van der Waals surface area contributed by atoms with Crippen LogP contribution >= 0.6 is 23.2 Å². The topological polar surface area (TPSA) is 107 Å². The lowest BCUT2D eigenvalue weighted by molar-refractivity contribution is -0.127. The van der Waals surface area contributed by atoms with Crippen molar-refractivity contribution in [2.45, 2.75) is 19.3 Å². The van der Waals surface area contributed by atoms with Gasteiger partial charge in [-0.25, -0.2) is 8.42 Å². The van der Waals surface area contributed by atoms with E-state index in [1.54, 1.807) is 12.1 Å². The lowest BCUT2D eigenvalue weighted by Crippen LogP contribution is -2.41. The zero-order valence-electron chi connectivity index (χ0n) is 17.6. The number of amides is 2. The van der Waals surface area contributed by atoms with E-state index >= 15 is 0 Å². The zero-order chi connectivity index (χ0) is 23.3. The third kappa shape index (κ3) is 6.60. The molecule has 1 fully saturated rings. The van der Waals surface area contributed by atoms with E-state index < -0.39 is 27.4 Å². The van der Waals surface area contributed by atoms with Crippen LogP contribution in [-0.2, 0) is 25.8 Å². The van der Waals surface area contributed by atoms with Crippen molar-refractivity contribution in [3.05, 3.63) is 45.1 Å². The Morgan fingerprint density at radius 1 is 1.09 bits per heavy atom. The molecule has 176 valence electrons. The summed E-state index contributed by atoms with van der Waals surface area (Å²) in [5.74, 6) is -1.18. The van der Waals surface area contributed by atoms with Crippen LogP contribution < -0.4 is 5.32 Å². The third-order valence-corrected chi connectivity index (χ3v) is 8.00. The number of halogens is 2. The van der Waals surface area contributed by atoms with Gasteiger partial charge in [-0.1, -0.05) is 29.3 Å². The fourth-order valence-corrected chi connectivity index (χ4v) is 5.33. The maximum Gasteiger partial charge on any atom is 0.289 e. The van der Waals surface area contributed by atoms with Gasteiger partial charge in [-0.2, -0.15) is 0 Å². The van der Waals surface area contributed by atoms with Crippen LogP contribution in [0.2, 0.25) is 10.0 Å². The number of rotatable bonds is 9. The molecule has 0 radical (unpaired) electrons. The highest BCUT2D eigenvalue weighted by atomic mass is 35.5. The van der Waals surface area contributed by atoms with Gasteiger partial charge in [0.05, 0.1) is 33.7 Å². The average Bonchev–Trinajstić information content (AvgIpc) is 3.03. The van der Waals surface area contributed by atoms with E-state index in [0.29, 0.717) is 62.0 Å². The van der Waals surface area contributed by atoms with Crippen LogP contribution in [-0.4, -0.2) is 85.9 Å². The normalized spacial score (nSPS) is 18.9. The van der Waals surface area contributed by atoms with Crippen molar-refractivity contribution >= 4 is 44.9 Å². The molecule has 2 aliphatic heterocycles. The lowest BCUT2D eigenvalue weighted by atomic mass is 10.1. The number of hydrogen-bond donors (Lipinski definition) is 2. The van der Waals surface area contributed by atoms with Gasteiger partial charge in [-0.05, 0) is 43.5 Å². The number of aliphatic hydroxyl groups is 1. The van der Waals surface area contributed by atoms with Crippen molar-refractivity contribution in [3.63, 3.8) is 0 Å². The van der Waals surface area contributed by atoms with Crippen LogP contribution in [0.5, 0.6) is 0 Å². The number of carbonyl (C=O) groups is 2. The summed E-state index contributed by atoms with van der Waals surface area (Å²) in [6.07, 6.45) is 2.00. The number of carbonyl (C=O) groups excluding carboxylic acids is 2. The van der Waals surface area contributed by atoms with E-state index in [-0.39, 0.29) is 23.6 Å². The van der Waals surface area contributed by atoms with Crippen molar-refractivity contribution in [3.8, 4) is 0 Å². The number of aryl methyl sites for hydroxylation is 1. The second-order valence-electron chi connectivity index (χ2n) is 8.01. The maximum atomic E-state index is 12.4. The molecule has 0 aliphatic carbocycles. The number of benzene rings is 1. The number of sulfone groups is 1.